The molecule has 8 nitrogen and oxygen atoms in total. The third-order valence-corrected chi connectivity index (χ3v) is 8.95. The van der Waals surface area contributed by atoms with Crippen LogP contribution in [-0.4, -0.2) is 48.9 Å². The summed E-state index contributed by atoms with van der Waals surface area (Å²) in [5.74, 6) is -0.917. The molecule has 4 rings (SSSR count). The van der Waals surface area contributed by atoms with Crippen molar-refractivity contribution in [3.05, 3.63) is 58.4 Å². The SMILES string of the molecule is CCOC(=O)Cn1c(=NC(=O)c2ccc(S(=O)(=O)N3CCCCC3)cc2)sc2cc(CC)ccc21. The van der Waals surface area contributed by atoms with Crippen LogP contribution in [0.15, 0.2) is 52.4 Å². The highest BCUT2D eigenvalue weighted by Crippen LogP contribution is 2.22. The van der Waals surface area contributed by atoms with Crippen molar-refractivity contribution in [2.45, 2.75) is 51.0 Å². The number of esters is 1. The second-order valence-electron chi connectivity index (χ2n) is 8.34. The quantitative estimate of drug-likeness (QED) is 0.447. The molecule has 1 saturated heterocycles. The summed E-state index contributed by atoms with van der Waals surface area (Å²) in [5, 5.41) is 0. The number of hydrogen-bond acceptors (Lipinski definition) is 6. The number of carbonyl (C=O) groups is 2. The predicted octanol–water partition coefficient (Wildman–Crippen LogP) is 3.74. The fraction of sp³-hybridized carbons (Fsp3) is 0.400. The lowest BCUT2D eigenvalue weighted by Gasteiger charge is -2.25. The Morgan fingerprint density at radius 3 is 2.40 bits per heavy atom. The number of carbonyl (C=O) groups excluding carboxylic acids is 2. The van der Waals surface area contributed by atoms with E-state index in [0.29, 0.717) is 17.9 Å². The number of nitrogens with zero attached hydrogens (tertiary/aromatic N) is 3. The summed E-state index contributed by atoms with van der Waals surface area (Å²) >= 11 is 1.33. The average molecular weight is 516 g/mol. The molecule has 1 amide bonds. The van der Waals surface area contributed by atoms with Gasteiger partial charge in [-0.05, 0) is 68.1 Å². The van der Waals surface area contributed by atoms with Crippen molar-refractivity contribution in [3.63, 3.8) is 0 Å². The monoisotopic (exact) mass is 515 g/mol. The minimum atomic E-state index is -3.58. The lowest BCUT2D eigenvalue weighted by Crippen LogP contribution is -2.35. The molecule has 0 radical (unpaired) electrons. The van der Waals surface area contributed by atoms with E-state index < -0.39 is 21.9 Å². The first-order chi connectivity index (χ1) is 16.8. The molecule has 10 heteroatoms. The van der Waals surface area contributed by atoms with Crippen LogP contribution in [-0.2, 0) is 32.5 Å². The molecule has 0 aliphatic carbocycles. The smallest absolute Gasteiger partial charge is 0.326 e. The Morgan fingerprint density at radius 2 is 1.74 bits per heavy atom. The molecule has 1 fully saturated rings. The van der Waals surface area contributed by atoms with Crippen LogP contribution in [0.25, 0.3) is 10.2 Å². The van der Waals surface area contributed by atoms with Gasteiger partial charge in [-0.1, -0.05) is 30.7 Å². The van der Waals surface area contributed by atoms with Gasteiger partial charge in [0.25, 0.3) is 5.91 Å². The molecule has 1 aliphatic heterocycles. The molecule has 1 aromatic heterocycles. The zero-order chi connectivity index (χ0) is 25.0. The molecule has 3 aromatic rings. The summed E-state index contributed by atoms with van der Waals surface area (Å²) in [5.41, 5.74) is 2.22. The van der Waals surface area contributed by atoms with Crippen molar-refractivity contribution < 1.29 is 22.7 Å². The molecule has 2 aromatic carbocycles. The van der Waals surface area contributed by atoms with E-state index in [-0.39, 0.29) is 23.6 Å². The Kier molecular flexibility index (Phi) is 7.83. The first kappa shape index (κ1) is 25.3. The van der Waals surface area contributed by atoms with Crippen molar-refractivity contribution >= 4 is 43.5 Å². The Morgan fingerprint density at radius 1 is 1.03 bits per heavy atom. The molecule has 1 aliphatic rings. The zero-order valence-electron chi connectivity index (χ0n) is 19.9. The number of hydrogen-bond donors (Lipinski definition) is 0. The van der Waals surface area contributed by atoms with Crippen LogP contribution in [0.1, 0.15) is 49.0 Å². The molecular formula is C25H29N3O5S2. The number of thiazole rings is 1. The lowest BCUT2D eigenvalue weighted by atomic mass is 10.2. The van der Waals surface area contributed by atoms with Gasteiger partial charge < -0.3 is 9.30 Å². The Labute approximate surface area is 208 Å². The molecule has 186 valence electrons. The van der Waals surface area contributed by atoms with E-state index >= 15 is 0 Å². The second-order valence-corrected chi connectivity index (χ2v) is 11.3. The summed E-state index contributed by atoms with van der Waals surface area (Å²) in [4.78, 5) is 30.1. The van der Waals surface area contributed by atoms with E-state index in [9.17, 15) is 18.0 Å². The van der Waals surface area contributed by atoms with Gasteiger partial charge in [-0.15, -0.1) is 0 Å². The van der Waals surface area contributed by atoms with Crippen molar-refractivity contribution in [2.24, 2.45) is 4.99 Å². The fourth-order valence-corrected chi connectivity index (χ4v) is 6.70. The second kappa shape index (κ2) is 10.8. The lowest BCUT2D eigenvalue weighted by molar-refractivity contribution is -0.143. The standard InChI is InChI=1S/C25H29N3O5S2/c1-3-18-8-13-21-22(16-18)34-25(28(21)17-23(29)33-4-2)26-24(30)19-9-11-20(12-10-19)35(31,32)27-14-6-5-7-15-27/h8-13,16H,3-7,14-15,17H2,1-2H3. The summed E-state index contributed by atoms with van der Waals surface area (Å²) in [6.07, 6.45) is 3.61. The van der Waals surface area contributed by atoms with E-state index in [1.165, 1.54) is 39.9 Å². The Bertz CT molecular complexity index is 1400. The van der Waals surface area contributed by atoms with Gasteiger partial charge in [-0.2, -0.15) is 9.30 Å². The van der Waals surface area contributed by atoms with E-state index in [2.05, 4.69) is 11.9 Å². The normalized spacial score (nSPS) is 15.4. The van der Waals surface area contributed by atoms with Crippen molar-refractivity contribution in [2.75, 3.05) is 19.7 Å². The highest BCUT2D eigenvalue weighted by atomic mass is 32.2. The van der Waals surface area contributed by atoms with E-state index in [1.807, 2.05) is 18.2 Å². The number of benzene rings is 2. The molecule has 0 atom stereocenters. The molecule has 2 heterocycles. The van der Waals surface area contributed by atoms with E-state index in [0.717, 1.165) is 41.5 Å². The van der Waals surface area contributed by atoms with Crippen LogP contribution >= 0.6 is 11.3 Å². The van der Waals surface area contributed by atoms with Gasteiger partial charge in [0, 0.05) is 18.7 Å². The summed E-state index contributed by atoms with van der Waals surface area (Å²) < 4.78 is 35.0. The number of amides is 1. The molecule has 0 unspecified atom stereocenters. The third kappa shape index (κ3) is 5.55. The minimum absolute atomic E-state index is 0.0571. The first-order valence-corrected chi connectivity index (χ1v) is 14.1. The van der Waals surface area contributed by atoms with Crippen molar-refractivity contribution in [1.29, 1.82) is 0 Å². The van der Waals surface area contributed by atoms with Crippen LogP contribution < -0.4 is 4.80 Å². The van der Waals surface area contributed by atoms with Gasteiger partial charge in [0.05, 0.1) is 21.7 Å². The number of rotatable bonds is 7. The highest BCUT2D eigenvalue weighted by Gasteiger charge is 2.26. The van der Waals surface area contributed by atoms with Crippen LogP contribution in [0.3, 0.4) is 0 Å². The summed E-state index contributed by atoms with van der Waals surface area (Å²) in [7, 11) is -3.58. The van der Waals surface area contributed by atoms with Gasteiger partial charge in [-0.25, -0.2) is 8.42 Å². The van der Waals surface area contributed by atoms with E-state index in [1.54, 1.807) is 11.5 Å². The number of fused-ring (bicyclic) bond motifs is 1. The maximum atomic E-state index is 13.0. The number of ether oxygens (including phenoxy) is 1. The van der Waals surface area contributed by atoms with E-state index in [4.69, 9.17) is 4.74 Å². The maximum Gasteiger partial charge on any atom is 0.326 e. The highest BCUT2D eigenvalue weighted by molar-refractivity contribution is 7.89. The van der Waals surface area contributed by atoms with Crippen molar-refractivity contribution in [1.82, 2.24) is 8.87 Å². The number of aryl methyl sites for hydroxylation is 1. The first-order valence-electron chi connectivity index (χ1n) is 11.8. The minimum Gasteiger partial charge on any atom is -0.465 e. The topological polar surface area (TPSA) is 98.0 Å². The third-order valence-electron chi connectivity index (χ3n) is 6.00. The predicted molar refractivity (Wildman–Crippen MR) is 135 cm³/mol. The molecule has 0 bridgehead atoms. The summed E-state index contributed by atoms with van der Waals surface area (Å²) in [6.45, 7) is 5.05. The number of piperidine rings is 1. The van der Waals surface area contributed by atoms with Gasteiger partial charge in [0.1, 0.15) is 6.54 Å². The van der Waals surface area contributed by atoms with Crippen LogP contribution in [0.4, 0.5) is 0 Å². The van der Waals surface area contributed by atoms with Crippen LogP contribution in [0.2, 0.25) is 0 Å². The molecule has 0 N–H and O–H groups in total. The summed E-state index contributed by atoms with van der Waals surface area (Å²) in [6, 6.07) is 11.8. The average Bonchev–Trinajstić information content (AvgIpc) is 3.20. The largest absolute Gasteiger partial charge is 0.465 e. The van der Waals surface area contributed by atoms with Gasteiger partial charge in [-0.3, -0.25) is 9.59 Å². The van der Waals surface area contributed by atoms with Gasteiger partial charge >= 0.3 is 5.97 Å². The van der Waals surface area contributed by atoms with Crippen molar-refractivity contribution in [3.8, 4) is 0 Å². The molecule has 0 saturated carbocycles. The van der Waals surface area contributed by atoms with Gasteiger partial charge in [0.15, 0.2) is 4.80 Å². The van der Waals surface area contributed by atoms with Gasteiger partial charge in [0.2, 0.25) is 10.0 Å². The van der Waals surface area contributed by atoms with Crippen LogP contribution in [0.5, 0.6) is 0 Å². The zero-order valence-corrected chi connectivity index (χ0v) is 21.5. The molecular weight excluding hydrogens is 486 g/mol. The maximum absolute atomic E-state index is 13.0. The molecule has 0 spiro atoms. The Hall–Kier alpha value is -2.82. The Balaban J connectivity index is 1.66. The fourth-order valence-electron chi connectivity index (χ4n) is 4.09. The number of aromatic nitrogens is 1. The molecule has 35 heavy (non-hydrogen) atoms. The number of sulfonamides is 1. The van der Waals surface area contributed by atoms with Crippen LogP contribution in [0, 0.1) is 0 Å².